The molecule has 0 fully saturated rings. The normalized spacial score (nSPS) is 15.9. The molecule has 0 amide bonds. The molecule has 0 spiro atoms. The minimum atomic E-state index is -4.89. The zero-order chi connectivity index (χ0) is 24.6. The van der Waals surface area contributed by atoms with Crippen molar-refractivity contribution in [3.8, 4) is 0 Å². The van der Waals surface area contributed by atoms with Gasteiger partial charge in [0, 0.05) is 6.61 Å². The predicted molar refractivity (Wildman–Crippen MR) is 122 cm³/mol. The second-order valence-electron chi connectivity index (χ2n) is 9.59. The first-order chi connectivity index (χ1) is 14.7. The SMILES string of the molecule is C[C@@H](COCCC[C@@](OCc1ccccc1)(C(=O)CN)C(F)(F)F)O[Si](C)(C)C(C)(C)C. The summed E-state index contributed by atoms with van der Waals surface area (Å²) in [7, 11) is -1.96. The van der Waals surface area contributed by atoms with Crippen LogP contribution in [0.15, 0.2) is 30.3 Å². The van der Waals surface area contributed by atoms with Crippen molar-refractivity contribution in [3.05, 3.63) is 35.9 Å². The zero-order valence-corrected chi connectivity index (χ0v) is 21.1. The lowest BCUT2D eigenvalue weighted by Crippen LogP contribution is -2.56. The highest BCUT2D eigenvalue weighted by molar-refractivity contribution is 6.74. The standard InChI is InChI=1S/C23H38F3NO4Si/c1-18(31-32(5,6)21(2,3)4)16-29-14-10-13-22(20(28)15-27,23(24,25)26)30-17-19-11-8-7-9-12-19/h7-9,11-12,18H,10,13-17,27H2,1-6H3/t18-,22+/m0/s1. The number of rotatable bonds is 13. The monoisotopic (exact) mass is 477 g/mol. The zero-order valence-electron chi connectivity index (χ0n) is 20.1. The molecule has 32 heavy (non-hydrogen) atoms. The van der Waals surface area contributed by atoms with Crippen molar-refractivity contribution in [2.24, 2.45) is 5.73 Å². The lowest BCUT2D eigenvalue weighted by Gasteiger charge is -2.38. The Morgan fingerprint density at radius 1 is 1.12 bits per heavy atom. The largest absolute Gasteiger partial charge is 0.424 e. The van der Waals surface area contributed by atoms with E-state index in [9.17, 15) is 18.0 Å². The third-order valence-electron chi connectivity index (χ3n) is 5.89. The summed E-state index contributed by atoms with van der Waals surface area (Å²) in [5.74, 6) is -1.18. The summed E-state index contributed by atoms with van der Waals surface area (Å²) in [6.07, 6.45) is -5.64. The average molecular weight is 478 g/mol. The van der Waals surface area contributed by atoms with Crippen molar-refractivity contribution in [1.82, 2.24) is 0 Å². The van der Waals surface area contributed by atoms with Crippen LogP contribution in [-0.4, -0.2) is 51.7 Å². The van der Waals surface area contributed by atoms with Crippen LogP contribution in [0.3, 0.4) is 0 Å². The van der Waals surface area contributed by atoms with Crippen molar-refractivity contribution in [1.29, 1.82) is 0 Å². The number of halogens is 3. The quantitative estimate of drug-likeness (QED) is 0.311. The van der Waals surface area contributed by atoms with Crippen LogP contribution >= 0.6 is 0 Å². The Labute approximate surface area is 190 Å². The molecular weight excluding hydrogens is 439 g/mol. The average Bonchev–Trinajstić information content (AvgIpc) is 2.68. The summed E-state index contributed by atoms with van der Waals surface area (Å²) >= 11 is 0. The summed E-state index contributed by atoms with van der Waals surface area (Å²) in [5.41, 5.74) is 2.90. The van der Waals surface area contributed by atoms with E-state index < -0.39 is 38.8 Å². The summed E-state index contributed by atoms with van der Waals surface area (Å²) in [6.45, 7) is 11.8. The molecule has 0 aromatic heterocycles. The van der Waals surface area contributed by atoms with Crippen LogP contribution in [0, 0.1) is 0 Å². The fraction of sp³-hybridized carbons (Fsp3) is 0.696. The Hall–Kier alpha value is -1.26. The Kier molecular flexibility index (Phi) is 10.6. The molecule has 5 nitrogen and oxygen atoms in total. The molecule has 184 valence electrons. The maximum Gasteiger partial charge on any atom is 0.424 e. The topological polar surface area (TPSA) is 70.8 Å². The molecule has 0 radical (unpaired) electrons. The lowest BCUT2D eigenvalue weighted by molar-refractivity contribution is -0.272. The fourth-order valence-corrected chi connectivity index (χ4v) is 4.43. The van der Waals surface area contributed by atoms with Crippen molar-refractivity contribution < 1.29 is 31.9 Å². The van der Waals surface area contributed by atoms with Gasteiger partial charge in [-0.3, -0.25) is 4.79 Å². The molecule has 0 heterocycles. The first-order valence-corrected chi connectivity index (χ1v) is 13.8. The number of alkyl halides is 3. The number of carbonyl (C=O) groups is 1. The van der Waals surface area contributed by atoms with E-state index in [0.29, 0.717) is 5.56 Å². The summed E-state index contributed by atoms with van der Waals surface area (Å²) in [5, 5.41) is 0.0479. The van der Waals surface area contributed by atoms with Crippen LogP contribution in [-0.2, 0) is 25.3 Å². The van der Waals surface area contributed by atoms with E-state index >= 15 is 0 Å². The summed E-state index contributed by atoms with van der Waals surface area (Å²) < 4.78 is 59.0. The molecule has 0 saturated heterocycles. The van der Waals surface area contributed by atoms with Gasteiger partial charge < -0.3 is 19.6 Å². The van der Waals surface area contributed by atoms with Crippen LogP contribution < -0.4 is 5.73 Å². The van der Waals surface area contributed by atoms with Gasteiger partial charge in [0.25, 0.3) is 0 Å². The molecule has 9 heteroatoms. The van der Waals surface area contributed by atoms with Crippen LogP contribution in [0.4, 0.5) is 13.2 Å². The minimum Gasteiger partial charge on any atom is -0.412 e. The van der Waals surface area contributed by atoms with E-state index in [-0.39, 0.29) is 37.4 Å². The highest BCUT2D eigenvalue weighted by Gasteiger charge is 2.60. The second kappa shape index (κ2) is 11.7. The Balaban J connectivity index is 2.71. The van der Waals surface area contributed by atoms with E-state index in [1.807, 2.05) is 6.92 Å². The predicted octanol–water partition coefficient (Wildman–Crippen LogP) is 5.24. The number of Topliss-reactive ketones (excluding diaryl/α,β-unsaturated/α-hetero) is 1. The van der Waals surface area contributed by atoms with E-state index in [1.165, 1.54) is 0 Å². The van der Waals surface area contributed by atoms with Gasteiger partial charge in [0.05, 0.1) is 25.9 Å². The van der Waals surface area contributed by atoms with Crippen molar-refractivity contribution in [2.75, 3.05) is 19.8 Å². The van der Waals surface area contributed by atoms with Gasteiger partial charge in [0.2, 0.25) is 5.60 Å². The second-order valence-corrected chi connectivity index (χ2v) is 14.3. The summed E-state index contributed by atoms with van der Waals surface area (Å²) in [4.78, 5) is 12.3. The van der Waals surface area contributed by atoms with Gasteiger partial charge in [-0.2, -0.15) is 13.2 Å². The van der Waals surface area contributed by atoms with Crippen LogP contribution in [0.1, 0.15) is 46.1 Å². The Morgan fingerprint density at radius 3 is 2.22 bits per heavy atom. The number of carbonyl (C=O) groups excluding carboxylic acids is 1. The summed E-state index contributed by atoms with van der Waals surface area (Å²) in [6, 6.07) is 8.42. The fourth-order valence-electron chi connectivity index (χ4n) is 3.01. The van der Waals surface area contributed by atoms with Crippen molar-refractivity contribution in [3.63, 3.8) is 0 Å². The third-order valence-corrected chi connectivity index (χ3v) is 10.5. The number of nitrogens with two attached hydrogens (primary N) is 1. The van der Waals surface area contributed by atoms with E-state index in [0.717, 1.165) is 0 Å². The molecule has 0 aliphatic heterocycles. The number of ketones is 1. The molecule has 2 N–H and O–H groups in total. The van der Waals surface area contributed by atoms with Crippen LogP contribution in [0.5, 0.6) is 0 Å². The van der Waals surface area contributed by atoms with Gasteiger partial charge in [-0.1, -0.05) is 51.1 Å². The molecule has 1 aromatic rings. The molecule has 2 atom stereocenters. The van der Waals surface area contributed by atoms with E-state index in [1.54, 1.807) is 30.3 Å². The molecule has 0 bridgehead atoms. The van der Waals surface area contributed by atoms with Gasteiger partial charge in [0.15, 0.2) is 14.1 Å². The van der Waals surface area contributed by atoms with Gasteiger partial charge in [-0.05, 0) is 43.5 Å². The minimum absolute atomic E-state index is 0.00709. The Morgan fingerprint density at radius 2 is 1.72 bits per heavy atom. The molecule has 0 saturated carbocycles. The number of benzene rings is 1. The smallest absolute Gasteiger partial charge is 0.412 e. The molecular formula is C23H38F3NO4Si. The Bertz CT molecular complexity index is 707. The highest BCUT2D eigenvalue weighted by Crippen LogP contribution is 2.39. The first-order valence-electron chi connectivity index (χ1n) is 10.9. The first kappa shape index (κ1) is 28.8. The number of hydrogen-bond acceptors (Lipinski definition) is 5. The maximum absolute atomic E-state index is 14.0. The van der Waals surface area contributed by atoms with Crippen LogP contribution in [0.2, 0.25) is 18.1 Å². The lowest BCUT2D eigenvalue weighted by atomic mass is 9.91. The van der Waals surface area contributed by atoms with E-state index in [2.05, 4.69) is 33.9 Å². The number of hydrogen-bond donors (Lipinski definition) is 1. The van der Waals surface area contributed by atoms with Crippen molar-refractivity contribution >= 4 is 14.1 Å². The van der Waals surface area contributed by atoms with Gasteiger partial charge in [-0.15, -0.1) is 0 Å². The van der Waals surface area contributed by atoms with Crippen LogP contribution in [0.25, 0.3) is 0 Å². The molecule has 0 aliphatic rings. The molecule has 1 aromatic carbocycles. The number of ether oxygens (including phenoxy) is 2. The maximum atomic E-state index is 14.0. The molecule has 0 unspecified atom stereocenters. The highest BCUT2D eigenvalue weighted by atomic mass is 28.4. The van der Waals surface area contributed by atoms with Gasteiger partial charge >= 0.3 is 6.18 Å². The van der Waals surface area contributed by atoms with Gasteiger partial charge in [-0.25, -0.2) is 0 Å². The van der Waals surface area contributed by atoms with Crippen molar-refractivity contribution in [2.45, 2.75) is 83.2 Å². The molecule has 0 aliphatic carbocycles. The third kappa shape index (κ3) is 7.95. The van der Waals surface area contributed by atoms with Gasteiger partial charge in [0.1, 0.15) is 0 Å². The van der Waals surface area contributed by atoms with E-state index in [4.69, 9.17) is 19.6 Å². The molecule has 1 rings (SSSR count).